The molecule has 0 saturated carbocycles. The first-order chi connectivity index (χ1) is 8.55. The Morgan fingerprint density at radius 3 is 2.50 bits per heavy atom. The van der Waals surface area contributed by atoms with E-state index in [4.69, 9.17) is 4.74 Å². The monoisotopic (exact) mass is 240 g/mol. The van der Waals surface area contributed by atoms with Crippen LogP contribution in [0, 0.1) is 0 Å². The zero-order valence-electron chi connectivity index (χ0n) is 10.6. The number of ether oxygens (including phenoxy) is 1. The molecule has 0 spiro atoms. The molecule has 1 aliphatic rings. The van der Waals surface area contributed by atoms with Crippen molar-refractivity contribution in [2.24, 2.45) is 0 Å². The maximum Gasteiger partial charge on any atom is 0.131 e. The van der Waals surface area contributed by atoms with E-state index in [1.165, 1.54) is 5.56 Å². The van der Waals surface area contributed by atoms with Crippen LogP contribution in [-0.4, -0.2) is 10.7 Å². The summed E-state index contributed by atoms with van der Waals surface area (Å²) in [5.41, 5.74) is 3.29. The summed E-state index contributed by atoms with van der Waals surface area (Å²) in [4.78, 5) is 0. The van der Waals surface area contributed by atoms with Gasteiger partial charge in [0.2, 0.25) is 0 Å². The second-order valence-electron chi connectivity index (χ2n) is 5.38. The van der Waals surface area contributed by atoms with Gasteiger partial charge in [-0.05, 0) is 37.1 Å². The van der Waals surface area contributed by atoms with E-state index in [1.54, 1.807) is 12.1 Å². The highest BCUT2D eigenvalue weighted by atomic mass is 16.5. The molecule has 0 atom stereocenters. The van der Waals surface area contributed by atoms with Gasteiger partial charge in [-0.3, -0.25) is 0 Å². The summed E-state index contributed by atoms with van der Waals surface area (Å²) >= 11 is 0. The van der Waals surface area contributed by atoms with Crippen molar-refractivity contribution in [1.29, 1.82) is 0 Å². The molecule has 2 aromatic rings. The summed E-state index contributed by atoms with van der Waals surface area (Å²) in [5.74, 6) is 1.26. The molecule has 2 aromatic carbocycles. The second-order valence-corrected chi connectivity index (χ2v) is 5.38. The quantitative estimate of drug-likeness (QED) is 0.822. The summed E-state index contributed by atoms with van der Waals surface area (Å²) in [6.45, 7) is 4.21. The molecule has 3 rings (SSSR count). The predicted octanol–water partition coefficient (Wildman–Crippen LogP) is 3.77. The van der Waals surface area contributed by atoms with Crippen LogP contribution in [0.1, 0.15) is 19.4 Å². The van der Waals surface area contributed by atoms with Crippen molar-refractivity contribution in [3.05, 3.63) is 48.0 Å². The van der Waals surface area contributed by atoms with E-state index >= 15 is 0 Å². The average Bonchev–Trinajstić information content (AvgIpc) is 2.64. The fourth-order valence-corrected chi connectivity index (χ4v) is 2.48. The van der Waals surface area contributed by atoms with Crippen LogP contribution in [0.25, 0.3) is 11.1 Å². The highest BCUT2D eigenvalue weighted by Gasteiger charge is 2.31. The molecule has 0 radical (unpaired) electrons. The first-order valence-corrected chi connectivity index (χ1v) is 6.15. The molecule has 0 bridgehead atoms. The van der Waals surface area contributed by atoms with Crippen LogP contribution in [-0.2, 0) is 6.42 Å². The number of benzene rings is 2. The van der Waals surface area contributed by atoms with E-state index in [0.717, 1.165) is 23.3 Å². The Morgan fingerprint density at radius 1 is 1.06 bits per heavy atom. The third kappa shape index (κ3) is 1.84. The van der Waals surface area contributed by atoms with Crippen molar-refractivity contribution in [2.45, 2.75) is 25.9 Å². The van der Waals surface area contributed by atoms with Crippen LogP contribution < -0.4 is 4.74 Å². The number of rotatable bonds is 1. The Hall–Kier alpha value is -1.96. The van der Waals surface area contributed by atoms with E-state index in [1.807, 2.05) is 12.1 Å². The first kappa shape index (κ1) is 11.1. The molecule has 1 N–H and O–H groups in total. The minimum Gasteiger partial charge on any atom is -0.508 e. The van der Waals surface area contributed by atoms with E-state index in [-0.39, 0.29) is 11.4 Å². The van der Waals surface area contributed by atoms with Crippen LogP contribution in [0.5, 0.6) is 11.5 Å². The molecule has 0 aliphatic carbocycles. The molecule has 0 saturated heterocycles. The predicted molar refractivity (Wildman–Crippen MR) is 72.0 cm³/mol. The van der Waals surface area contributed by atoms with Gasteiger partial charge in [0.1, 0.15) is 17.1 Å². The van der Waals surface area contributed by atoms with Crippen molar-refractivity contribution in [1.82, 2.24) is 0 Å². The third-order valence-electron chi connectivity index (χ3n) is 3.27. The van der Waals surface area contributed by atoms with Crippen molar-refractivity contribution < 1.29 is 9.84 Å². The molecule has 0 aromatic heterocycles. The Morgan fingerprint density at radius 2 is 1.78 bits per heavy atom. The lowest BCUT2D eigenvalue weighted by Crippen LogP contribution is -2.24. The number of hydrogen-bond acceptors (Lipinski definition) is 2. The molecular weight excluding hydrogens is 224 g/mol. The van der Waals surface area contributed by atoms with E-state index in [0.29, 0.717) is 0 Å². The molecule has 92 valence electrons. The zero-order valence-corrected chi connectivity index (χ0v) is 10.6. The number of para-hydroxylation sites is 1. The fraction of sp³-hybridized carbons (Fsp3) is 0.250. The van der Waals surface area contributed by atoms with Gasteiger partial charge in [0.25, 0.3) is 0 Å². The lowest BCUT2D eigenvalue weighted by atomic mass is 9.98. The smallest absolute Gasteiger partial charge is 0.131 e. The van der Waals surface area contributed by atoms with Crippen molar-refractivity contribution in [2.75, 3.05) is 0 Å². The normalized spacial score (nSPS) is 16.1. The van der Waals surface area contributed by atoms with Gasteiger partial charge in [-0.2, -0.15) is 0 Å². The van der Waals surface area contributed by atoms with Gasteiger partial charge in [0.15, 0.2) is 0 Å². The Kier molecular flexibility index (Phi) is 2.34. The summed E-state index contributed by atoms with van der Waals surface area (Å²) in [5, 5.41) is 9.35. The molecule has 0 unspecified atom stereocenters. The van der Waals surface area contributed by atoms with Crippen LogP contribution in [0.2, 0.25) is 0 Å². The first-order valence-electron chi connectivity index (χ1n) is 6.15. The number of aromatic hydroxyl groups is 1. The Bertz CT molecular complexity index is 583. The van der Waals surface area contributed by atoms with E-state index in [2.05, 4.69) is 32.0 Å². The zero-order chi connectivity index (χ0) is 12.8. The highest BCUT2D eigenvalue weighted by Crippen LogP contribution is 2.42. The topological polar surface area (TPSA) is 29.5 Å². The van der Waals surface area contributed by atoms with Crippen molar-refractivity contribution >= 4 is 0 Å². The SMILES string of the molecule is CC1(C)Cc2cccc(-c3ccc(O)cc3)c2O1. The minimum atomic E-state index is -0.130. The number of phenolic OH excluding ortho intramolecular Hbond substituents is 1. The third-order valence-corrected chi connectivity index (χ3v) is 3.27. The van der Waals surface area contributed by atoms with Crippen LogP contribution in [0.4, 0.5) is 0 Å². The molecule has 2 nitrogen and oxygen atoms in total. The lowest BCUT2D eigenvalue weighted by Gasteiger charge is -2.18. The van der Waals surface area contributed by atoms with E-state index in [9.17, 15) is 5.11 Å². The Balaban J connectivity index is 2.10. The second kappa shape index (κ2) is 3.77. The summed E-state index contributed by atoms with van der Waals surface area (Å²) < 4.78 is 6.05. The van der Waals surface area contributed by atoms with Gasteiger partial charge in [0, 0.05) is 12.0 Å². The van der Waals surface area contributed by atoms with Crippen molar-refractivity contribution in [3.63, 3.8) is 0 Å². The minimum absolute atomic E-state index is 0.130. The maximum atomic E-state index is 9.35. The molecule has 1 heterocycles. The van der Waals surface area contributed by atoms with Gasteiger partial charge >= 0.3 is 0 Å². The van der Waals surface area contributed by atoms with Gasteiger partial charge < -0.3 is 9.84 Å². The standard InChI is InChI=1S/C16H16O2/c1-16(2)10-12-4-3-5-14(15(12)18-16)11-6-8-13(17)9-7-11/h3-9,17H,10H2,1-2H3. The van der Waals surface area contributed by atoms with Gasteiger partial charge in [-0.1, -0.05) is 30.3 Å². The molecular formula is C16H16O2. The molecule has 0 amide bonds. The highest BCUT2D eigenvalue weighted by molar-refractivity contribution is 5.73. The Labute approximate surface area is 107 Å². The average molecular weight is 240 g/mol. The summed E-state index contributed by atoms with van der Waals surface area (Å²) in [7, 11) is 0. The van der Waals surface area contributed by atoms with Crippen LogP contribution >= 0.6 is 0 Å². The lowest BCUT2D eigenvalue weighted by molar-refractivity contribution is 0.139. The molecule has 2 heteroatoms. The van der Waals surface area contributed by atoms with Crippen molar-refractivity contribution in [3.8, 4) is 22.6 Å². The van der Waals surface area contributed by atoms with Gasteiger partial charge in [0.05, 0.1) is 0 Å². The number of phenols is 1. The van der Waals surface area contributed by atoms with E-state index < -0.39 is 0 Å². The number of hydrogen-bond donors (Lipinski definition) is 1. The largest absolute Gasteiger partial charge is 0.508 e. The number of fused-ring (bicyclic) bond motifs is 1. The molecule has 0 fully saturated rings. The summed E-state index contributed by atoms with van der Waals surface area (Å²) in [6, 6.07) is 13.5. The summed E-state index contributed by atoms with van der Waals surface area (Å²) in [6.07, 6.45) is 0.939. The van der Waals surface area contributed by atoms with Gasteiger partial charge in [-0.15, -0.1) is 0 Å². The van der Waals surface area contributed by atoms with Crippen LogP contribution in [0.15, 0.2) is 42.5 Å². The maximum absolute atomic E-state index is 9.35. The fourth-order valence-electron chi connectivity index (χ4n) is 2.48. The van der Waals surface area contributed by atoms with Gasteiger partial charge in [-0.25, -0.2) is 0 Å². The van der Waals surface area contributed by atoms with Crippen LogP contribution in [0.3, 0.4) is 0 Å². The molecule has 18 heavy (non-hydrogen) atoms. The molecule has 1 aliphatic heterocycles.